The minimum absolute atomic E-state index is 0.127. The highest BCUT2D eigenvalue weighted by Crippen LogP contribution is 2.42. The van der Waals surface area contributed by atoms with Gasteiger partial charge in [0.2, 0.25) is 0 Å². The van der Waals surface area contributed by atoms with Gasteiger partial charge in [-0.05, 0) is 43.1 Å². The number of likely N-dealkylation sites (tertiary alicyclic amines) is 1. The zero-order valence-corrected chi connectivity index (χ0v) is 16.4. The zero-order chi connectivity index (χ0) is 18.9. The Balaban J connectivity index is 1.58. The van der Waals surface area contributed by atoms with Crippen LogP contribution in [0.25, 0.3) is 0 Å². The summed E-state index contributed by atoms with van der Waals surface area (Å²) in [6, 6.07) is 15.5. The van der Waals surface area contributed by atoms with E-state index in [4.69, 9.17) is 17.3 Å². The van der Waals surface area contributed by atoms with Crippen molar-refractivity contribution in [3.05, 3.63) is 81.6 Å². The molecule has 0 unspecified atom stereocenters. The number of hydrogen-bond acceptors (Lipinski definition) is 4. The lowest BCUT2D eigenvalue weighted by molar-refractivity contribution is 0.170. The molecule has 4 rings (SSSR count). The standard InChI is InChI=1S/C21H21ClFN3S/c22-19-15(5-4-8-17(19)23)13-26-11-9-21(10-12-26,16-6-2-1-3-7-16)18-14-27-20(24)25-18/h1-8,14H,9-13H2,(H2,24,25). The molecule has 1 saturated heterocycles. The van der Waals surface area contributed by atoms with Crippen molar-refractivity contribution in [2.75, 3.05) is 18.8 Å². The van der Waals surface area contributed by atoms with Gasteiger partial charge in [-0.15, -0.1) is 11.3 Å². The second-order valence-corrected chi connectivity index (χ2v) is 8.28. The van der Waals surface area contributed by atoms with Crippen LogP contribution < -0.4 is 5.73 Å². The number of piperidine rings is 1. The number of anilines is 1. The molecule has 0 radical (unpaired) electrons. The Morgan fingerprint density at radius 3 is 2.52 bits per heavy atom. The Labute approximate surface area is 167 Å². The molecule has 27 heavy (non-hydrogen) atoms. The third-order valence-corrected chi connectivity index (χ3v) is 6.57. The van der Waals surface area contributed by atoms with Gasteiger partial charge in [0.25, 0.3) is 0 Å². The number of nitrogen functional groups attached to an aromatic ring is 1. The molecule has 3 nitrogen and oxygen atoms in total. The predicted molar refractivity (Wildman–Crippen MR) is 110 cm³/mol. The summed E-state index contributed by atoms with van der Waals surface area (Å²) in [7, 11) is 0. The highest BCUT2D eigenvalue weighted by atomic mass is 35.5. The van der Waals surface area contributed by atoms with E-state index in [2.05, 4.69) is 39.5 Å². The predicted octanol–water partition coefficient (Wildman–Crippen LogP) is 5.10. The lowest BCUT2D eigenvalue weighted by atomic mass is 9.70. The van der Waals surface area contributed by atoms with Gasteiger partial charge in [-0.25, -0.2) is 9.37 Å². The number of aromatic nitrogens is 1. The first kappa shape index (κ1) is 18.4. The second kappa shape index (κ2) is 7.58. The monoisotopic (exact) mass is 401 g/mol. The van der Waals surface area contributed by atoms with Crippen molar-refractivity contribution >= 4 is 28.1 Å². The fourth-order valence-electron chi connectivity index (χ4n) is 3.96. The van der Waals surface area contributed by atoms with Gasteiger partial charge in [-0.3, -0.25) is 4.90 Å². The van der Waals surface area contributed by atoms with Crippen molar-refractivity contribution in [3.8, 4) is 0 Å². The summed E-state index contributed by atoms with van der Waals surface area (Å²) < 4.78 is 13.7. The lowest BCUT2D eigenvalue weighted by Gasteiger charge is -2.41. The van der Waals surface area contributed by atoms with Gasteiger partial charge >= 0.3 is 0 Å². The molecule has 3 aromatic rings. The van der Waals surface area contributed by atoms with E-state index in [-0.39, 0.29) is 16.3 Å². The van der Waals surface area contributed by atoms with Crippen molar-refractivity contribution in [2.24, 2.45) is 0 Å². The molecule has 1 aliphatic rings. The molecule has 1 aliphatic heterocycles. The molecule has 2 aromatic carbocycles. The van der Waals surface area contributed by atoms with E-state index in [1.54, 1.807) is 6.07 Å². The number of nitrogens with zero attached hydrogens (tertiary/aromatic N) is 2. The van der Waals surface area contributed by atoms with Crippen LogP contribution in [0.4, 0.5) is 9.52 Å². The molecule has 140 valence electrons. The van der Waals surface area contributed by atoms with Crippen LogP contribution in [-0.2, 0) is 12.0 Å². The fraction of sp³-hybridized carbons (Fsp3) is 0.286. The fourth-order valence-corrected chi connectivity index (χ4v) is 4.81. The molecular weight excluding hydrogens is 381 g/mol. The summed E-state index contributed by atoms with van der Waals surface area (Å²) in [6.07, 6.45) is 1.88. The second-order valence-electron chi connectivity index (χ2n) is 7.01. The molecule has 0 aliphatic carbocycles. The van der Waals surface area contributed by atoms with Crippen molar-refractivity contribution in [1.82, 2.24) is 9.88 Å². The first-order valence-electron chi connectivity index (χ1n) is 9.01. The lowest BCUT2D eigenvalue weighted by Crippen LogP contribution is -2.43. The minimum atomic E-state index is -0.359. The van der Waals surface area contributed by atoms with E-state index in [1.807, 2.05) is 12.1 Å². The smallest absolute Gasteiger partial charge is 0.180 e. The maximum absolute atomic E-state index is 13.7. The van der Waals surface area contributed by atoms with Gasteiger partial charge in [0, 0.05) is 17.3 Å². The number of halogens is 2. The van der Waals surface area contributed by atoms with Gasteiger partial charge in [0.05, 0.1) is 10.7 Å². The molecule has 0 spiro atoms. The van der Waals surface area contributed by atoms with Crippen molar-refractivity contribution < 1.29 is 4.39 Å². The van der Waals surface area contributed by atoms with Crippen LogP contribution in [-0.4, -0.2) is 23.0 Å². The summed E-state index contributed by atoms with van der Waals surface area (Å²) in [5, 5.41) is 2.92. The highest BCUT2D eigenvalue weighted by Gasteiger charge is 2.39. The third kappa shape index (κ3) is 3.59. The van der Waals surface area contributed by atoms with Crippen LogP contribution in [0.2, 0.25) is 5.02 Å². The summed E-state index contributed by atoms with van der Waals surface area (Å²) in [5.74, 6) is -0.359. The van der Waals surface area contributed by atoms with Crippen molar-refractivity contribution in [1.29, 1.82) is 0 Å². The molecule has 1 aromatic heterocycles. The summed E-state index contributed by atoms with van der Waals surface area (Å²) >= 11 is 7.63. The Morgan fingerprint density at radius 1 is 1.11 bits per heavy atom. The maximum Gasteiger partial charge on any atom is 0.180 e. The van der Waals surface area contributed by atoms with Crippen LogP contribution in [0, 0.1) is 5.82 Å². The Bertz CT molecular complexity index is 920. The summed E-state index contributed by atoms with van der Waals surface area (Å²) in [4.78, 5) is 6.96. The third-order valence-electron chi connectivity index (χ3n) is 5.47. The Kier molecular flexibility index (Phi) is 5.17. The molecule has 0 bridgehead atoms. The summed E-state index contributed by atoms with van der Waals surface area (Å²) in [5.41, 5.74) is 8.97. The van der Waals surface area contributed by atoms with Gasteiger partial charge in [0.15, 0.2) is 5.13 Å². The van der Waals surface area contributed by atoms with Gasteiger partial charge < -0.3 is 5.73 Å². The normalized spacial score (nSPS) is 17.1. The van der Waals surface area contributed by atoms with Crippen LogP contribution in [0.1, 0.15) is 29.7 Å². The van der Waals surface area contributed by atoms with E-state index in [0.717, 1.165) is 37.2 Å². The average molecular weight is 402 g/mol. The number of thiazole rings is 1. The molecule has 1 fully saturated rings. The van der Waals surface area contributed by atoms with Crippen molar-refractivity contribution in [3.63, 3.8) is 0 Å². The largest absolute Gasteiger partial charge is 0.375 e. The molecular formula is C21H21ClFN3S. The molecule has 0 atom stereocenters. The van der Waals surface area contributed by atoms with Crippen LogP contribution >= 0.6 is 22.9 Å². The molecule has 0 amide bonds. The maximum atomic E-state index is 13.7. The Morgan fingerprint density at radius 2 is 1.85 bits per heavy atom. The zero-order valence-electron chi connectivity index (χ0n) is 14.9. The van der Waals surface area contributed by atoms with Crippen LogP contribution in [0.3, 0.4) is 0 Å². The van der Waals surface area contributed by atoms with E-state index >= 15 is 0 Å². The molecule has 0 saturated carbocycles. The molecule has 2 heterocycles. The van der Waals surface area contributed by atoms with Crippen molar-refractivity contribution in [2.45, 2.75) is 24.8 Å². The van der Waals surface area contributed by atoms with E-state index in [1.165, 1.54) is 23.0 Å². The molecule has 2 N–H and O–H groups in total. The average Bonchev–Trinajstić information content (AvgIpc) is 3.14. The first-order chi connectivity index (χ1) is 13.1. The summed E-state index contributed by atoms with van der Waals surface area (Å²) in [6.45, 7) is 2.43. The number of nitrogens with two attached hydrogens (primary N) is 1. The van der Waals surface area contributed by atoms with Gasteiger partial charge in [0.1, 0.15) is 5.82 Å². The van der Waals surface area contributed by atoms with E-state index < -0.39 is 0 Å². The quantitative estimate of drug-likeness (QED) is 0.661. The SMILES string of the molecule is Nc1nc(C2(c3ccccc3)CCN(Cc3cccc(F)c3Cl)CC2)cs1. The van der Waals surface area contributed by atoms with E-state index in [0.29, 0.717) is 11.7 Å². The number of benzene rings is 2. The topological polar surface area (TPSA) is 42.1 Å². The number of hydrogen-bond donors (Lipinski definition) is 1. The van der Waals surface area contributed by atoms with Crippen LogP contribution in [0.5, 0.6) is 0 Å². The van der Waals surface area contributed by atoms with Gasteiger partial charge in [-0.2, -0.15) is 0 Å². The number of rotatable bonds is 4. The van der Waals surface area contributed by atoms with E-state index in [9.17, 15) is 4.39 Å². The highest BCUT2D eigenvalue weighted by molar-refractivity contribution is 7.13. The minimum Gasteiger partial charge on any atom is -0.375 e. The first-order valence-corrected chi connectivity index (χ1v) is 10.3. The van der Waals surface area contributed by atoms with Gasteiger partial charge in [-0.1, -0.05) is 54.1 Å². The van der Waals surface area contributed by atoms with Crippen LogP contribution in [0.15, 0.2) is 53.9 Å². The Hall–Kier alpha value is -1.95. The molecule has 6 heteroatoms.